The summed E-state index contributed by atoms with van der Waals surface area (Å²) in [5.41, 5.74) is 1.33. The predicted molar refractivity (Wildman–Crippen MR) is 75.4 cm³/mol. The van der Waals surface area contributed by atoms with Gasteiger partial charge in [0.2, 0.25) is 0 Å². The van der Waals surface area contributed by atoms with E-state index in [0.717, 1.165) is 5.01 Å². The SMILES string of the molecule is CC1(C)CC12NC(=O)N(NC(=O)c1ccccc1Cl)C2=O. The van der Waals surface area contributed by atoms with Gasteiger partial charge in [-0.25, -0.2) is 4.79 Å². The number of halogens is 1. The number of hydrazine groups is 1. The third-order valence-corrected chi connectivity index (χ3v) is 4.49. The second-order valence-corrected chi connectivity index (χ2v) is 6.36. The molecule has 1 aliphatic carbocycles. The first kappa shape index (κ1) is 13.9. The molecule has 2 aliphatic rings. The van der Waals surface area contributed by atoms with Gasteiger partial charge in [-0.1, -0.05) is 37.6 Å². The fourth-order valence-electron chi connectivity index (χ4n) is 2.68. The summed E-state index contributed by atoms with van der Waals surface area (Å²) in [6.45, 7) is 3.79. The summed E-state index contributed by atoms with van der Waals surface area (Å²) in [6.07, 6.45) is 0.559. The van der Waals surface area contributed by atoms with Gasteiger partial charge in [0.15, 0.2) is 0 Å². The summed E-state index contributed by atoms with van der Waals surface area (Å²) in [4.78, 5) is 36.4. The average molecular weight is 308 g/mol. The molecule has 1 aliphatic heterocycles. The first-order chi connectivity index (χ1) is 9.78. The Bertz CT molecular complexity index is 673. The summed E-state index contributed by atoms with van der Waals surface area (Å²) in [5.74, 6) is -1.03. The molecule has 1 atom stereocenters. The third-order valence-electron chi connectivity index (χ3n) is 4.16. The smallest absolute Gasteiger partial charge is 0.321 e. The summed E-state index contributed by atoms with van der Waals surface area (Å²) in [6, 6.07) is 5.80. The quantitative estimate of drug-likeness (QED) is 0.816. The average Bonchev–Trinajstić information content (AvgIpc) is 2.88. The lowest BCUT2D eigenvalue weighted by molar-refractivity contribution is -0.130. The Morgan fingerprint density at radius 3 is 2.48 bits per heavy atom. The molecule has 1 saturated heterocycles. The van der Waals surface area contributed by atoms with Crippen molar-refractivity contribution in [1.82, 2.24) is 15.8 Å². The number of hydrogen-bond donors (Lipinski definition) is 2. The minimum atomic E-state index is -0.891. The molecule has 2 N–H and O–H groups in total. The van der Waals surface area contributed by atoms with Crippen molar-refractivity contribution in [1.29, 1.82) is 0 Å². The van der Waals surface area contributed by atoms with Crippen LogP contribution in [0.25, 0.3) is 0 Å². The van der Waals surface area contributed by atoms with Gasteiger partial charge < -0.3 is 5.32 Å². The highest BCUT2D eigenvalue weighted by Gasteiger charge is 2.72. The lowest BCUT2D eigenvalue weighted by Gasteiger charge is -2.15. The molecule has 0 bridgehead atoms. The number of imide groups is 1. The van der Waals surface area contributed by atoms with E-state index in [1.54, 1.807) is 18.2 Å². The minimum Gasteiger partial charge on any atom is -0.321 e. The van der Waals surface area contributed by atoms with Crippen LogP contribution in [0.4, 0.5) is 4.79 Å². The maximum absolute atomic E-state index is 12.4. The highest BCUT2D eigenvalue weighted by molar-refractivity contribution is 6.33. The normalized spacial score (nSPS) is 26.0. The molecular weight excluding hydrogens is 294 g/mol. The van der Waals surface area contributed by atoms with E-state index in [0.29, 0.717) is 6.42 Å². The van der Waals surface area contributed by atoms with Crippen molar-refractivity contribution >= 4 is 29.4 Å². The van der Waals surface area contributed by atoms with Crippen molar-refractivity contribution in [2.24, 2.45) is 5.41 Å². The van der Waals surface area contributed by atoms with Crippen LogP contribution in [-0.4, -0.2) is 28.4 Å². The fourth-order valence-corrected chi connectivity index (χ4v) is 2.90. The number of carbonyl (C=O) groups is 3. The first-order valence-corrected chi connectivity index (χ1v) is 6.88. The number of nitrogens with one attached hydrogen (secondary N) is 2. The molecule has 0 aromatic heterocycles. The molecule has 6 nitrogen and oxygen atoms in total. The molecule has 1 saturated carbocycles. The molecule has 1 unspecified atom stereocenters. The Balaban J connectivity index is 1.80. The molecule has 110 valence electrons. The number of amides is 4. The van der Waals surface area contributed by atoms with Crippen molar-refractivity contribution in [3.05, 3.63) is 34.9 Å². The zero-order valence-electron chi connectivity index (χ0n) is 11.6. The lowest BCUT2D eigenvalue weighted by atomic mass is 10.1. The zero-order valence-corrected chi connectivity index (χ0v) is 12.3. The Morgan fingerprint density at radius 1 is 1.33 bits per heavy atom. The van der Waals surface area contributed by atoms with Gasteiger partial charge in [0.25, 0.3) is 11.8 Å². The topological polar surface area (TPSA) is 78.5 Å². The number of nitrogens with zero attached hydrogens (tertiary/aromatic N) is 1. The van der Waals surface area contributed by atoms with Crippen LogP contribution in [0.15, 0.2) is 24.3 Å². The van der Waals surface area contributed by atoms with Gasteiger partial charge in [0, 0.05) is 0 Å². The van der Waals surface area contributed by atoms with Crippen molar-refractivity contribution in [2.45, 2.75) is 25.8 Å². The second kappa shape index (κ2) is 4.21. The molecule has 21 heavy (non-hydrogen) atoms. The fraction of sp³-hybridized carbons (Fsp3) is 0.357. The van der Waals surface area contributed by atoms with E-state index in [1.165, 1.54) is 6.07 Å². The highest BCUT2D eigenvalue weighted by Crippen LogP contribution is 2.58. The van der Waals surface area contributed by atoms with Gasteiger partial charge in [0.1, 0.15) is 5.54 Å². The summed E-state index contributed by atoms with van der Waals surface area (Å²) >= 11 is 5.93. The monoisotopic (exact) mass is 307 g/mol. The van der Waals surface area contributed by atoms with Crippen LogP contribution in [0, 0.1) is 5.41 Å². The third kappa shape index (κ3) is 1.90. The Morgan fingerprint density at radius 2 is 1.95 bits per heavy atom. The number of benzene rings is 1. The van der Waals surface area contributed by atoms with Gasteiger partial charge in [-0.15, -0.1) is 0 Å². The Hall–Kier alpha value is -2.08. The van der Waals surface area contributed by atoms with Crippen molar-refractivity contribution in [2.75, 3.05) is 0 Å². The molecule has 0 radical (unpaired) electrons. The van der Waals surface area contributed by atoms with Crippen LogP contribution < -0.4 is 10.7 Å². The predicted octanol–water partition coefficient (Wildman–Crippen LogP) is 1.71. The van der Waals surface area contributed by atoms with E-state index in [9.17, 15) is 14.4 Å². The Labute approximate surface area is 126 Å². The van der Waals surface area contributed by atoms with E-state index in [-0.39, 0.29) is 16.0 Å². The molecular formula is C14H14ClN3O3. The molecule has 3 rings (SSSR count). The Kier molecular flexibility index (Phi) is 2.78. The molecule has 4 amide bonds. The van der Waals surface area contributed by atoms with Gasteiger partial charge in [0.05, 0.1) is 10.6 Å². The number of carbonyl (C=O) groups excluding carboxylic acids is 3. The molecule has 7 heteroatoms. The lowest BCUT2D eigenvalue weighted by Crippen LogP contribution is -2.47. The highest BCUT2D eigenvalue weighted by atomic mass is 35.5. The summed E-state index contributed by atoms with van der Waals surface area (Å²) in [7, 11) is 0. The van der Waals surface area contributed by atoms with E-state index >= 15 is 0 Å². The second-order valence-electron chi connectivity index (χ2n) is 5.96. The van der Waals surface area contributed by atoms with E-state index in [2.05, 4.69) is 10.7 Å². The summed E-state index contributed by atoms with van der Waals surface area (Å²) in [5, 5.41) is 3.65. The summed E-state index contributed by atoms with van der Waals surface area (Å²) < 4.78 is 0. The van der Waals surface area contributed by atoms with Crippen molar-refractivity contribution in [3.63, 3.8) is 0 Å². The van der Waals surface area contributed by atoms with Gasteiger partial charge in [-0.2, -0.15) is 5.01 Å². The van der Waals surface area contributed by atoms with E-state index in [4.69, 9.17) is 11.6 Å². The first-order valence-electron chi connectivity index (χ1n) is 6.51. The maximum atomic E-state index is 12.4. The van der Waals surface area contributed by atoms with Crippen molar-refractivity contribution < 1.29 is 14.4 Å². The molecule has 1 heterocycles. The van der Waals surface area contributed by atoms with E-state index in [1.807, 2.05) is 13.8 Å². The standard InChI is InChI=1S/C14H14ClN3O3/c1-13(2)7-14(13)11(20)18(12(21)16-14)17-10(19)8-5-3-4-6-9(8)15/h3-6H,7H2,1-2H3,(H,16,21)(H,17,19). The van der Waals surface area contributed by atoms with Gasteiger partial charge in [-0.3, -0.25) is 15.0 Å². The molecule has 1 aromatic rings. The van der Waals surface area contributed by atoms with Gasteiger partial charge >= 0.3 is 6.03 Å². The molecule has 2 fully saturated rings. The van der Waals surface area contributed by atoms with Gasteiger partial charge in [-0.05, 0) is 24.0 Å². The van der Waals surface area contributed by atoms with Crippen LogP contribution in [0.5, 0.6) is 0 Å². The maximum Gasteiger partial charge on any atom is 0.344 e. The van der Waals surface area contributed by atoms with Crippen LogP contribution in [0.2, 0.25) is 5.02 Å². The van der Waals surface area contributed by atoms with Crippen LogP contribution in [-0.2, 0) is 4.79 Å². The zero-order chi connectivity index (χ0) is 15.4. The van der Waals surface area contributed by atoms with Crippen LogP contribution >= 0.6 is 11.6 Å². The van der Waals surface area contributed by atoms with Crippen molar-refractivity contribution in [3.8, 4) is 0 Å². The van der Waals surface area contributed by atoms with Crippen LogP contribution in [0.3, 0.4) is 0 Å². The van der Waals surface area contributed by atoms with E-state index < -0.39 is 23.4 Å². The number of rotatable bonds is 2. The van der Waals surface area contributed by atoms with Crippen LogP contribution in [0.1, 0.15) is 30.6 Å². The molecule has 1 spiro atoms. The number of urea groups is 1. The minimum absolute atomic E-state index is 0.204. The number of hydrogen-bond acceptors (Lipinski definition) is 3. The molecule has 1 aromatic carbocycles. The largest absolute Gasteiger partial charge is 0.344 e.